The molecule has 1 aliphatic carbocycles. The van der Waals surface area contributed by atoms with Crippen LogP contribution in [0.25, 0.3) is 0 Å². The van der Waals surface area contributed by atoms with Crippen molar-refractivity contribution in [3.8, 4) is 0 Å². The van der Waals surface area contributed by atoms with Gasteiger partial charge in [0.1, 0.15) is 0 Å². The van der Waals surface area contributed by atoms with Gasteiger partial charge in [-0.3, -0.25) is 0 Å². The smallest absolute Gasteiger partial charge is 0.0733 e. The lowest BCUT2D eigenvalue weighted by atomic mass is 9.90. The first-order valence-corrected chi connectivity index (χ1v) is 8.60. The first-order valence-electron chi connectivity index (χ1n) is 6.99. The minimum atomic E-state index is 0.488. The van der Waals surface area contributed by atoms with Gasteiger partial charge in [-0.15, -0.1) is 11.3 Å². The van der Waals surface area contributed by atoms with Crippen LogP contribution in [0.4, 0.5) is 0 Å². The first-order chi connectivity index (χ1) is 8.79. The largest absolute Gasteiger partial charge is 0.373 e. The Labute approximate surface area is 120 Å². The fraction of sp³-hybridized carbons (Fsp3) is 0.714. The van der Waals surface area contributed by atoms with Crippen LogP contribution in [0.2, 0.25) is 0 Å². The zero-order valence-electron chi connectivity index (χ0n) is 10.3. The number of aryl methyl sites for hydroxylation is 1. The van der Waals surface area contributed by atoms with Crippen LogP contribution in [0.1, 0.15) is 48.6 Å². The molecule has 4 rings (SSSR count). The van der Waals surface area contributed by atoms with Gasteiger partial charge < -0.3 is 10.1 Å². The minimum absolute atomic E-state index is 0.488. The van der Waals surface area contributed by atoms with Crippen molar-refractivity contribution in [1.29, 1.82) is 0 Å². The van der Waals surface area contributed by atoms with Crippen molar-refractivity contribution in [3.63, 3.8) is 0 Å². The molecule has 0 spiro atoms. The second-order valence-electron chi connectivity index (χ2n) is 5.76. The second kappa shape index (κ2) is 4.58. The molecule has 2 nitrogen and oxygen atoms in total. The average molecular weight is 328 g/mol. The van der Waals surface area contributed by atoms with E-state index >= 15 is 0 Å². The normalized spacial score (nSPS) is 38.1. The third-order valence-corrected chi connectivity index (χ3v) is 6.32. The number of ether oxygens (including phenoxy) is 1. The highest BCUT2D eigenvalue weighted by Crippen LogP contribution is 2.40. The van der Waals surface area contributed by atoms with Gasteiger partial charge in [-0.1, -0.05) is 0 Å². The van der Waals surface area contributed by atoms with Crippen LogP contribution in [0.3, 0.4) is 0 Å². The van der Waals surface area contributed by atoms with E-state index < -0.39 is 0 Å². The molecule has 2 bridgehead atoms. The standard InChI is InChI=1S/C14H18BrNOS/c15-14-7-9-10(2-1-3-13(9)18-14)16-11-6-8-4-5-12(11)17-8/h7-8,10-12,16H,1-6H2. The molecule has 0 amide bonds. The molecule has 2 fully saturated rings. The lowest BCUT2D eigenvalue weighted by Gasteiger charge is -2.29. The van der Waals surface area contributed by atoms with E-state index in [4.69, 9.17) is 4.74 Å². The summed E-state index contributed by atoms with van der Waals surface area (Å²) in [6.07, 6.45) is 8.66. The molecule has 1 aromatic rings. The summed E-state index contributed by atoms with van der Waals surface area (Å²) in [7, 11) is 0. The number of hydrogen-bond acceptors (Lipinski definition) is 3. The third kappa shape index (κ3) is 1.98. The van der Waals surface area contributed by atoms with Crippen molar-refractivity contribution >= 4 is 27.3 Å². The molecule has 0 saturated carbocycles. The molecule has 3 aliphatic rings. The number of thiophene rings is 1. The van der Waals surface area contributed by atoms with E-state index in [0.29, 0.717) is 24.3 Å². The summed E-state index contributed by atoms with van der Waals surface area (Å²) in [5.74, 6) is 0. The SMILES string of the molecule is Brc1cc2c(s1)CCCC2NC1CC2CCC1O2. The van der Waals surface area contributed by atoms with E-state index in [1.54, 1.807) is 10.4 Å². The Morgan fingerprint density at radius 3 is 3.06 bits per heavy atom. The number of fused-ring (bicyclic) bond motifs is 3. The molecule has 0 radical (unpaired) electrons. The molecule has 98 valence electrons. The van der Waals surface area contributed by atoms with Crippen molar-refractivity contribution in [3.05, 3.63) is 20.3 Å². The summed E-state index contributed by atoms with van der Waals surface area (Å²) >= 11 is 5.54. The molecular formula is C14H18BrNOS. The van der Waals surface area contributed by atoms with Crippen LogP contribution in [-0.2, 0) is 11.2 Å². The van der Waals surface area contributed by atoms with Gasteiger partial charge in [0, 0.05) is 17.0 Å². The predicted molar refractivity (Wildman–Crippen MR) is 77.1 cm³/mol. The molecule has 0 aromatic carbocycles. The first kappa shape index (κ1) is 11.9. The molecule has 1 aromatic heterocycles. The molecular weight excluding hydrogens is 310 g/mol. The second-order valence-corrected chi connectivity index (χ2v) is 8.27. The minimum Gasteiger partial charge on any atom is -0.373 e. The van der Waals surface area contributed by atoms with Crippen molar-refractivity contribution in [2.75, 3.05) is 0 Å². The van der Waals surface area contributed by atoms with E-state index in [1.807, 2.05) is 11.3 Å². The number of halogens is 1. The Morgan fingerprint density at radius 1 is 1.33 bits per heavy atom. The van der Waals surface area contributed by atoms with Gasteiger partial charge >= 0.3 is 0 Å². The highest BCUT2D eigenvalue weighted by molar-refractivity contribution is 9.11. The maximum Gasteiger partial charge on any atom is 0.0733 e. The Balaban J connectivity index is 1.52. The molecule has 4 heteroatoms. The summed E-state index contributed by atoms with van der Waals surface area (Å²) in [6, 6.07) is 3.48. The average Bonchev–Trinajstić information content (AvgIpc) is 3.02. The lowest BCUT2D eigenvalue weighted by Crippen LogP contribution is -2.40. The zero-order chi connectivity index (χ0) is 12.1. The molecule has 4 unspecified atom stereocenters. The Bertz CT molecular complexity index is 461. The van der Waals surface area contributed by atoms with Crippen LogP contribution >= 0.6 is 27.3 Å². The molecule has 2 saturated heterocycles. The van der Waals surface area contributed by atoms with Gasteiger partial charge in [-0.05, 0) is 66.1 Å². The molecule has 18 heavy (non-hydrogen) atoms. The Morgan fingerprint density at radius 2 is 2.28 bits per heavy atom. The maximum absolute atomic E-state index is 5.95. The van der Waals surface area contributed by atoms with Gasteiger partial charge in [0.15, 0.2) is 0 Å². The third-order valence-electron chi connectivity index (χ3n) is 4.60. The van der Waals surface area contributed by atoms with E-state index in [0.717, 1.165) is 0 Å². The van der Waals surface area contributed by atoms with Crippen molar-refractivity contribution in [1.82, 2.24) is 5.32 Å². The molecule has 1 N–H and O–H groups in total. The van der Waals surface area contributed by atoms with E-state index in [1.165, 1.54) is 42.3 Å². The van der Waals surface area contributed by atoms with E-state index in [-0.39, 0.29) is 0 Å². The van der Waals surface area contributed by atoms with Crippen LogP contribution in [0.15, 0.2) is 9.85 Å². The topological polar surface area (TPSA) is 21.3 Å². The van der Waals surface area contributed by atoms with Crippen LogP contribution in [0.5, 0.6) is 0 Å². The Hall–Kier alpha value is 0.1000. The van der Waals surface area contributed by atoms with Crippen LogP contribution in [0, 0.1) is 0 Å². The van der Waals surface area contributed by atoms with Crippen molar-refractivity contribution < 1.29 is 4.74 Å². The van der Waals surface area contributed by atoms with Gasteiger partial charge in [-0.25, -0.2) is 0 Å². The van der Waals surface area contributed by atoms with Gasteiger partial charge in [0.25, 0.3) is 0 Å². The summed E-state index contributed by atoms with van der Waals surface area (Å²) in [4.78, 5) is 1.58. The van der Waals surface area contributed by atoms with E-state index in [2.05, 4.69) is 27.3 Å². The monoisotopic (exact) mass is 327 g/mol. The van der Waals surface area contributed by atoms with Crippen molar-refractivity contribution in [2.45, 2.75) is 62.8 Å². The molecule has 2 aliphatic heterocycles. The highest BCUT2D eigenvalue weighted by Gasteiger charge is 2.41. The maximum atomic E-state index is 5.95. The number of nitrogens with one attached hydrogen (secondary N) is 1. The van der Waals surface area contributed by atoms with Crippen LogP contribution in [-0.4, -0.2) is 18.2 Å². The quantitative estimate of drug-likeness (QED) is 0.892. The molecule has 4 atom stereocenters. The van der Waals surface area contributed by atoms with Crippen LogP contribution < -0.4 is 5.32 Å². The fourth-order valence-electron chi connectivity index (χ4n) is 3.77. The number of rotatable bonds is 2. The highest BCUT2D eigenvalue weighted by atomic mass is 79.9. The lowest BCUT2D eigenvalue weighted by molar-refractivity contribution is 0.0956. The van der Waals surface area contributed by atoms with E-state index in [9.17, 15) is 0 Å². The number of hydrogen-bond donors (Lipinski definition) is 1. The fourth-order valence-corrected chi connectivity index (χ4v) is 5.59. The van der Waals surface area contributed by atoms with Crippen molar-refractivity contribution in [2.24, 2.45) is 0 Å². The van der Waals surface area contributed by atoms with Gasteiger partial charge in [0.05, 0.1) is 16.0 Å². The van der Waals surface area contributed by atoms with Gasteiger partial charge in [-0.2, -0.15) is 0 Å². The zero-order valence-corrected chi connectivity index (χ0v) is 12.7. The molecule has 3 heterocycles. The summed E-state index contributed by atoms with van der Waals surface area (Å²) in [5, 5.41) is 3.88. The summed E-state index contributed by atoms with van der Waals surface area (Å²) in [6.45, 7) is 0. The Kier molecular flexibility index (Phi) is 3.03. The summed E-state index contributed by atoms with van der Waals surface area (Å²) < 4.78 is 7.23. The predicted octanol–water partition coefficient (Wildman–Crippen LogP) is 3.80. The van der Waals surface area contributed by atoms with Gasteiger partial charge in [0.2, 0.25) is 0 Å². The summed E-state index contributed by atoms with van der Waals surface area (Å²) in [5.41, 5.74) is 1.54.